The highest BCUT2D eigenvalue weighted by molar-refractivity contribution is 6.01. The SMILES string of the molecule is CCOC(=O)CNC(=O)[C@@H]1c2ccccc2C(=O)N(Cc2ccc(F)cc2)[C@@H]1c1ccc(OC)cc1. The lowest BCUT2D eigenvalue weighted by atomic mass is 9.79. The maximum Gasteiger partial charge on any atom is 0.325 e. The molecule has 0 aliphatic carbocycles. The van der Waals surface area contributed by atoms with Crippen LogP contribution in [0.4, 0.5) is 4.39 Å². The minimum Gasteiger partial charge on any atom is -0.497 e. The summed E-state index contributed by atoms with van der Waals surface area (Å²) in [6, 6.07) is 19.3. The molecule has 1 aliphatic heterocycles. The van der Waals surface area contributed by atoms with E-state index in [0.717, 1.165) is 5.56 Å². The summed E-state index contributed by atoms with van der Waals surface area (Å²) < 4.78 is 23.8. The second kappa shape index (κ2) is 11.0. The number of ether oxygens (including phenoxy) is 2. The molecule has 0 unspecified atom stereocenters. The summed E-state index contributed by atoms with van der Waals surface area (Å²) in [6.07, 6.45) is 0. The second-order valence-corrected chi connectivity index (χ2v) is 8.37. The monoisotopic (exact) mass is 490 g/mol. The predicted molar refractivity (Wildman–Crippen MR) is 131 cm³/mol. The van der Waals surface area contributed by atoms with Gasteiger partial charge in [0.2, 0.25) is 5.91 Å². The van der Waals surface area contributed by atoms with E-state index in [1.54, 1.807) is 67.5 Å². The number of carbonyl (C=O) groups excluding carboxylic acids is 3. The van der Waals surface area contributed by atoms with Crippen LogP contribution in [0.2, 0.25) is 0 Å². The van der Waals surface area contributed by atoms with Crippen LogP contribution in [0.15, 0.2) is 72.8 Å². The van der Waals surface area contributed by atoms with Gasteiger partial charge in [0.1, 0.15) is 18.1 Å². The number of carbonyl (C=O) groups is 3. The average molecular weight is 491 g/mol. The summed E-state index contributed by atoms with van der Waals surface area (Å²) in [6.45, 7) is 1.77. The normalized spacial score (nSPS) is 16.8. The first kappa shape index (κ1) is 24.9. The van der Waals surface area contributed by atoms with Crippen molar-refractivity contribution in [3.05, 3.63) is 101 Å². The van der Waals surface area contributed by atoms with E-state index in [-0.39, 0.29) is 31.4 Å². The zero-order valence-electron chi connectivity index (χ0n) is 20.1. The predicted octanol–water partition coefficient (Wildman–Crippen LogP) is 3.99. The van der Waals surface area contributed by atoms with Crippen molar-refractivity contribution in [3.63, 3.8) is 0 Å². The Kier molecular flexibility index (Phi) is 7.63. The third-order valence-electron chi connectivity index (χ3n) is 6.16. The first-order valence-corrected chi connectivity index (χ1v) is 11.6. The van der Waals surface area contributed by atoms with E-state index in [1.165, 1.54) is 12.1 Å². The minimum absolute atomic E-state index is 0.159. The lowest BCUT2D eigenvalue weighted by Crippen LogP contribution is -2.47. The second-order valence-electron chi connectivity index (χ2n) is 8.37. The fourth-order valence-corrected chi connectivity index (χ4v) is 4.49. The van der Waals surface area contributed by atoms with E-state index in [9.17, 15) is 18.8 Å². The molecule has 3 aromatic carbocycles. The Balaban J connectivity index is 1.80. The van der Waals surface area contributed by atoms with Gasteiger partial charge in [-0.3, -0.25) is 14.4 Å². The maximum atomic E-state index is 13.7. The van der Waals surface area contributed by atoms with Gasteiger partial charge in [-0.25, -0.2) is 4.39 Å². The summed E-state index contributed by atoms with van der Waals surface area (Å²) in [5, 5.41) is 2.68. The molecule has 0 aromatic heterocycles. The molecule has 8 heteroatoms. The number of nitrogens with zero attached hydrogens (tertiary/aromatic N) is 1. The molecule has 1 N–H and O–H groups in total. The van der Waals surface area contributed by atoms with E-state index in [1.807, 2.05) is 12.1 Å². The van der Waals surface area contributed by atoms with E-state index >= 15 is 0 Å². The Morgan fingerprint density at radius 2 is 1.69 bits per heavy atom. The number of nitrogens with one attached hydrogen (secondary N) is 1. The van der Waals surface area contributed by atoms with Crippen LogP contribution in [-0.2, 0) is 20.9 Å². The van der Waals surface area contributed by atoms with E-state index in [0.29, 0.717) is 22.4 Å². The highest BCUT2D eigenvalue weighted by atomic mass is 19.1. The number of rotatable bonds is 8. The van der Waals surface area contributed by atoms with Gasteiger partial charge in [-0.05, 0) is 53.9 Å². The summed E-state index contributed by atoms with van der Waals surface area (Å²) >= 11 is 0. The minimum atomic E-state index is -0.804. The average Bonchev–Trinajstić information content (AvgIpc) is 2.90. The molecule has 0 saturated heterocycles. The number of amides is 2. The number of esters is 1. The van der Waals surface area contributed by atoms with Gasteiger partial charge in [-0.1, -0.05) is 42.5 Å². The van der Waals surface area contributed by atoms with Crippen molar-refractivity contribution in [2.24, 2.45) is 0 Å². The molecule has 36 heavy (non-hydrogen) atoms. The summed E-state index contributed by atoms with van der Waals surface area (Å²) in [4.78, 5) is 40.9. The van der Waals surface area contributed by atoms with Crippen LogP contribution < -0.4 is 10.1 Å². The first-order chi connectivity index (χ1) is 17.4. The number of hydrogen-bond donors (Lipinski definition) is 1. The summed E-state index contributed by atoms with van der Waals surface area (Å²) in [5.74, 6) is -1.75. The van der Waals surface area contributed by atoms with Crippen molar-refractivity contribution in [1.29, 1.82) is 0 Å². The van der Waals surface area contributed by atoms with Crippen LogP contribution in [0.25, 0.3) is 0 Å². The fraction of sp³-hybridized carbons (Fsp3) is 0.250. The lowest BCUT2D eigenvalue weighted by molar-refractivity contribution is -0.143. The Morgan fingerprint density at radius 1 is 1.00 bits per heavy atom. The van der Waals surface area contributed by atoms with Crippen LogP contribution in [0.1, 0.15) is 45.9 Å². The third kappa shape index (κ3) is 5.22. The van der Waals surface area contributed by atoms with Crippen LogP contribution in [0, 0.1) is 5.82 Å². The van der Waals surface area contributed by atoms with Crippen LogP contribution >= 0.6 is 0 Å². The topological polar surface area (TPSA) is 84.9 Å². The van der Waals surface area contributed by atoms with E-state index < -0.39 is 23.8 Å². The third-order valence-corrected chi connectivity index (χ3v) is 6.16. The van der Waals surface area contributed by atoms with Gasteiger partial charge in [0, 0.05) is 12.1 Å². The van der Waals surface area contributed by atoms with Crippen LogP contribution in [-0.4, -0.2) is 42.9 Å². The Bertz CT molecular complexity index is 1240. The molecule has 186 valence electrons. The van der Waals surface area contributed by atoms with Gasteiger partial charge >= 0.3 is 5.97 Å². The fourth-order valence-electron chi connectivity index (χ4n) is 4.49. The first-order valence-electron chi connectivity index (χ1n) is 11.6. The molecule has 7 nitrogen and oxygen atoms in total. The molecule has 0 saturated carbocycles. The highest BCUT2D eigenvalue weighted by Crippen LogP contribution is 2.43. The van der Waals surface area contributed by atoms with E-state index in [2.05, 4.69) is 5.32 Å². The number of halogens is 1. The molecule has 3 aromatic rings. The van der Waals surface area contributed by atoms with Gasteiger partial charge < -0.3 is 19.7 Å². The van der Waals surface area contributed by atoms with Gasteiger partial charge in [0.15, 0.2) is 0 Å². The highest BCUT2D eigenvalue weighted by Gasteiger charge is 2.44. The zero-order chi connectivity index (χ0) is 25.7. The van der Waals surface area contributed by atoms with Gasteiger partial charge in [-0.15, -0.1) is 0 Å². The molecule has 0 fully saturated rings. The maximum absolute atomic E-state index is 13.7. The molecule has 0 radical (unpaired) electrons. The van der Waals surface area contributed by atoms with Crippen molar-refractivity contribution in [3.8, 4) is 5.75 Å². The molecule has 0 spiro atoms. The standard InChI is InChI=1S/C28H27FN2O5/c1-3-36-24(32)16-30-27(33)25-22-6-4-5-7-23(22)28(34)31(17-18-8-12-20(29)13-9-18)26(25)19-10-14-21(35-2)15-11-19/h4-15,25-26H,3,16-17H2,1-2H3,(H,30,33)/t25-,26-/m1/s1. The van der Waals surface area contributed by atoms with Gasteiger partial charge in [0.25, 0.3) is 5.91 Å². The van der Waals surface area contributed by atoms with Crippen LogP contribution in [0.3, 0.4) is 0 Å². The molecule has 2 amide bonds. The Morgan fingerprint density at radius 3 is 2.36 bits per heavy atom. The largest absolute Gasteiger partial charge is 0.497 e. The number of methoxy groups -OCH3 is 1. The van der Waals surface area contributed by atoms with Crippen molar-refractivity contribution in [2.45, 2.75) is 25.4 Å². The number of hydrogen-bond acceptors (Lipinski definition) is 5. The van der Waals surface area contributed by atoms with E-state index in [4.69, 9.17) is 9.47 Å². The smallest absolute Gasteiger partial charge is 0.325 e. The Hall–Kier alpha value is -4.20. The molecule has 2 atom stereocenters. The zero-order valence-corrected chi connectivity index (χ0v) is 20.1. The van der Waals surface area contributed by atoms with Crippen molar-refractivity contribution in [1.82, 2.24) is 10.2 Å². The number of fused-ring (bicyclic) bond motifs is 1. The van der Waals surface area contributed by atoms with Crippen molar-refractivity contribution in [2.75, 3.05) is 20.3 Å². The molecule has 0 bridgehead atoms. The number of benzene rings is 3. The van der Waals surface area contributed by atoms with Crippen molar-refractivity contribution >= 4 is 17.8 Å². The molecule has 1 aliphatic rings. The van der Waals surface area contributed by atoms with Crippen LogP contribution in [0.5, 0.6) is 5.75 Å². The summed E-state index contributed by atoms with van der Waals surface area (Å²) in [5.41, 5.74) is 2.41. The molecular weight excluding hydrogens is 463 g/mol. The van der Waals surface area contributed by atoms with Gasteiger partial charge in [-0.2, -0.15) is 0 Å². The molecular formula is C28H27FN2O5. The molecule has 4 rings (SSSR count). The summed E-state index contributed by atoms with van der Waals surface area (Å²) in [7, 11) is 1.56. The molecule has 1 heterocycles. The quantitative estimate of drug-likeness (QED) is 0.483. The lowest BCUT2D eigenvalue weighted by Gasteiger charge is -2.42. The van der Waals surface area contributed by atoms with Crippen molar-refractivity contribution < 1.29 is 28.2 Å². The van der Waals surface area contributed by atoms with Gasteiger partial charge in [0.05, 0.1) is 25.7 Å². The Labute approximate surface area is 208 Å².